The summed E-state index contributed by atoms with van der Waals surface area (Å²) in [4.78, 5) is 22.5. The number of hydrogen-bond acceptors (Lipinski definition) is 6. The third-order valence-corrected chi connectivity index (χ3v) is 7.82. The van der Waals surface area contributed by atoms with Crippen molar-refractivity contribution < 1.29 is 9.53 Å². The lowest BCUT2D eigenvalue weighted by atomic mass is 9.90. The van der Waals surface area contributed by atoms with Crippen LogP contribution in [0.15, 0.2) is 54.6 Å². The van der Waals surface area contributed by atoms with E-state index in [0.717, 1.165) is 74.0 Å². The molecule has 0 radical (unpaired) electrons. The van der Waals surface area contributed by atoms with Crippen LogP contribution in [-0.2, 0) is 17.6 Å². The molecular formula is C27H32N4O2S. The van der Waals surface area contributed by atoms with Crippen LogP contribution in [-0.4, -0.2) is 53.0 Å². The Labute approximate surface area is 205 Å². The van der Waals surface area contributed by atoms with E-state index in [1.54, 1.807) is 7.11 Å². The molecule has 1 amide bonds. The molecule has 2 aliphatic heterocycles. The summed E-state index contributed by atoms with van der Waals surface area (Å²) in [6.07, 6.45) is 5.85. The molecule has 1 aromatic heterocycles. The fourth-order valence-electron chi connectivity index (χ4n) is 5.17. The molecule has 2 aromatic carbocycles. The number of methoxy groups -OCH3 is 1. The highest BCUT2D eigenvalue weighted by Crippen LogP contribution is 2.30. The number of anilines is 1. The van der Waals surface area contributed by atoms with Gasteiger partial charge in [0, 0.05) is 37.6 Å². The highest BCUT2D eigenvalue weighted by Gasteiger charge is 2.36. The maximum Gasteiger partial charge on any atom is 0.245 e. The number of carbonyl (C=O) groups is 1. The Morgan fingerprint density at radius 3 is 2.62 bits per heavy atom. The first kappa shape index (κ1) is 22.8. The smallest absolute Gasteiger partial charge is 0.245 e. The number of aromatic nitrogens is 2. The topological polar surface area (TPSA) is 58.6 Å². The van der Waals surface area contributed by atoms with Gasteiger partial charge in [0.15, 0.2) is 0 Å². The molecule has 7 heteroatoms. The molecule has 2 saturated heterocycles. The number of ether oxygens (including phenoxy) is 1. The van der Waals surface area contributed by atoms with Gasteiger partial charge in [0.05, 0.1) is 7.11 Å². The summed E-state index contributed by atoms with van der Waals surface area (Å²) >= 11 is 1.41. The number of likely N-dealkylation sites (tertiary alicyclic amines) is 1. The van der Waals surface area contributed by atoms with E-state index in [1.807, 2.05) is 18.2 Å². The highest BCUT2D eigenvalue weighted by molar-refractivity contribution is 7.09. The molecule has 0 N–H and O–H groups in total. The minimum Gasteiger partial charge on any atom is -0.497 e. The molecule has 1 atom stereocenters. The van der Waals surface area contributed by atoms with Crippen LogP contribution in [0.2, 0.25) is 0 Å². The number of amides is 1. The Kier molecular flexibility index (Phi) is 7.09. The molecule has 0 saturated carbocycles. The first-order valence-corrected chi connectivity index (χ1v) is 13.0. The van der Waals surface area contributed by atoms with Crippen LogP contribution < -0.4 is 9.64 Å². The molecule has 0 spiro atoms. The largest absolute Gasteiger partial charge is 0.497 e. The van der Waals surface area contributed by atoms with Crippen molar-refractivity contribution in [1.82, 2.24) is 14.3 Å². The summed E-state index contributed by atoms with van der Waals surface area (Å²) in [5, 5.41) is 0.868. The van der Waals surface area contributed by atoms with Crippen molar-refractivity contribution >= 4 is 22.6 Å². The fourth-order valence-corrected chi connectivity index (χ4v) is 5.93. The summed E-state index contributed by atoms with van der Waals surface area (Å²) < 4.78 is 9.92. The minimum absolute atomic E-state index is 0.108. The van der Waals surface area contributed by atoms with E-state index in [1.165, 1.54) is 17.1 Å². The van der Waals surface area contributed by atoms with Gasteiger partial charge in [-0.05, 0) is 61.3 Å². The summed E-state index contributed by atoms with van der Waals surface area (Å²) in [5.41, 5.74) is 2.52. The van der Waals surface area contributed by atoms with Crippen molar-refractivity contribution in [3.8, 4) is 5.75 Å². The van der Waals surface area contributed by atoms with E-state index in [0.29, 0.717) is 12.3 Å². The molecule has 1 unspecified atom stereocenters. The van der Waals surface area contributed by atoms with Gasteiger partial charge in [-0.3, -0.25) is 4.79 Å². The van der Waals surface area contributed by atoms with E-state index in [9.17, 15) is 4.79 Å². The second-order valence-electron chi connectivity index (χ2n) is 9.33. The van der Waals surface area contributed by atoms with Crippen LogP contribution in [0, 0.1) is 5.92 Å². The predicted octanol–water partition coefficient (Wildman–Crippen LogP) is 4.59. The lowest BCUT2D eigenvalue weighted by molar-refractivity contribution is -0.133. The van der Waals surface area contributed by atoms with Gasteiger partial charge in [-0.1, -0.05) is 42.5 Å². The molecule has 2 aliphatic rings. The molecule has 5 rings (SSSR count). The Morgan fingerprint density at radius 2 is 1.82 bits per heavy atom. The number of rotatable bonds is 7. The van der Waals surface area contributed by atoms with Crippen molar-refractivity contribution in [2.75, 3.05) is 31.6 Å². The van der Waals surface area contributed by atoms with Gasteiger partial charge < -0.3 is 14.5 Å². The monoisotopic (exact) mass is 476 g/mol. The molecule has 34 heavy (non-hydrogen) atoms. The van der Waals surface area contributed by atoms with Crippen molar-refractivity contribution in [2.24, 2.45) is 5.92 Å². The van der Waals surface area contributed by atoms with Crippen LogP contribution in [0.1, 0.15) is 42.6 Å². The Morgan fingerprint density at radius 1 is 1.03 bits per heavy atom. The van der Waals surface area contributed by atoms with Gasteiger partial charge in [0.1, 0.15) is 17.6 Å². The third kappa shape index (κ3) is 5.25. The second kappa shape index (κ2) is 10.6. The number of carbonyl (C=O) groups excluding carboxylic acids is 1. The number of benzene rings is 2. The van der Waals surface area contributed by atoms with E-state index >= 15 is 0 Å². The van der Waals surface area contributed by atoms with Gasteiger partial charge >= 0.3 is 0 Å². The summed E-state index contributed by atoms with van der Waals surface area (Å²) in [6.45, 7) is 2.59. The first-order valence-electron chi connectivity index (χ1n) is 12.2. The Bertz CT molecular complexity index is 1090. The minimum atomic E-state index is -0.108. The van der Waals surface area contributed by atoms with Crippen LogP contribution in [0.25, 0.3) is 0 Å². The van der Waals surface area contributed by atoms with Gasteiger partial charge in [-0.25, -0.2) is 4.98 Å². The maximum absolute atomic E-state index is 13.4. The molecule has 178 valence electrons. The number of nitrogens with zero attached hydrogens (tertiary/aromatic N) is 4. The van der Waals surface area contributed by atoms with Gasteiger partial charge in [0.2, 0.25) is 11.0 Å². The SMILES string of the molecule is COc1cccc(Cc2nsc(N3CCCC3C(=O)N3CCC(Cc4ccccc4)CC3)n2)c1. The second-order valence-corrected chi connectivity index (χ2v) is 10.1. The maximum atomic E-state index is 13.4. The Balaban J connectivity index is 1.18. The van der Waals surface area contributed by atoms with E-state index in [-0.39, 0.29) is 11.9 Å². The van der Waals surface area contributed by atoms with E-state index < -0.39 is 0 Å². The van der Waals surface area contributed by atoms with E-state index in [2.05, 4.69) is 50.6 Å². The average molecular weight is 477 g/mol. The van der Waals surface area contributed by atoms with Crippen molar-refractivity contribution in [3.63, 3.8) is 0 Å². The zero-order valence-electron chi connectivity index (χ0n) is 19.7. The summed E-state index contributed by atoms with van der Waals surface area (Å²) in [7, 11) is 1.68. The standard InChI is InChI=1S/C27H32N4O2S/c1-33-23-10-5-9-22(18-23)19-25-28-27(34-29-25)31-14-6-11-24(31)26(32)30-15-12-21(13-16-30)17-20-7-3-2-4-8-20/h2-5,7-10,18,21,24H,6,11-17,19H2,1H3. The molecule has 0 bridgehead atoms. The van der Waals surface area contributed by atoms with Crippen LogP contribution >= 0.6 is 11.5 Å². The van der Waals surface area contributed by atoms with Crippen molar-refractivity contribution in [1.29, 1.82) is 0 Å². The van der Waals surface area contributed by atoms with Crippen molar-refractivity contribution in [2.45, 2.75) is 44.6 Å². The van der Waals surface area contributed by atoms with Crippen molar-refractivity contribution in [3.05, 3.63) is 71.5 Å². The number of hydrogen-bond donors (Lipinski definition) is 0. The predicted molar refractivity (Wildman–Crippen MR) is 136 cm³/mol. The quantitative estimate of drug-likeness (QED) is 0.499. The first-order chi connectivity index (χ1) is 16.7. The van der Waals surface area contributed by atoms with Crippen LogP contribution in [0.5, 0.6) is 5.75 Å². The van der Waals surface area contributed by atoms with Gasteiger partial charge in [-0.2, -0.15) is 4.37 Å². The molecular weight excluding hydrogens is 444 g/mol. The molecule has 2 fully saturated rings. The van der Waals surface area contributed by atoms with Gasteiger partial charge in [0.25, 0.3) is 0 Å². The Hall–Kier alpha value is -2.93. The zero-order valence-corrected chi connectivity index (χ0v) is 20.5. The molecule has 0 aliphatic carbocycles. The number of piperidine rings is 1. The van der Waals surface area contributed by atoms with Crippen LogP contribution in [0.3, 0.4) is 0 Å². The molecule has 3 aromatic rings. The highest BCUT2D eigenvalue weighted by atomic mass is 32.1. The zero-order chi connectivity index (χ0) is 23.3. The average Bonchev–Trinajstić information content (AvgIpc) is 3.54. The fraction of sp³-hybridized carbons (Fsp3) is 0.444. The summed E-state index contributed by atoms with van der Waals surface area (Å²) in [5.74, 6) is 2.56. The third-order valence-electron chi connectivity index (χ3n) is 7.03. The van der Waals surface area contributed by atoms with E-state index in [4.69, 9.17) is 9.72 Å². The summed E-state index contributed by atoms with van der Waals surface area (Å²) in [6, 6.07) is 18.6. The normalized spacial score (nSPS) is 18.9. The van der Waals surface area contributed by atoms with Crippen LogP contribution in [0.4, 0.5) is 5.13 Å². The lowest BCUT2D eigenvalue weighted by Crippen LogP contribution is -2.48. The molecule has 6 nitrogen and oxygen atoms in total. The molecule has 3 heterocycles. The van der Waals surface area contributed by atoms with Gasteiger partial charge in [-0.15, -0.1) is 0 Å². The lowest BCUT2D eigenvalue weighted by Gasteiger charge is -2.35.